The van der Waals surface area contributed by atoms with Gasteiger partial charge in [0.2, 0.25) is 0 Å². The first kappa shape index (κ1) is 20.6. The van der Waals surface area contributed by atoms with E-state index in [1.165, 1.54) is 5.56 Å². The Morgan fingerprint density at radius 2 is 1.83 bits per heavy atom. The largest absolute Gasteiger partial charge is 0.484 e. The van der Waals surface area contributed by atoms with Crippen molar-refractivity contribution in [2.45, 2.75) is 20.8 Å². The molecule has 0 aliphatic heterocycles. The van der Waals surface area contributed by atoms with Crippen molar-refractivity contribution in [2.24, 2.45) is 4.99 Å². The van der Waals surface area contributed by atoms with Crippen LogP contribution < -0.4 is 10.1 Å². The highest BCUT2D eigenvalue weighted by molar-refractivity contribution is 6.31. The fourth-order valence-electron chi connectivity index (χ4n) is 2.72. The Kier molecular flexibility index (Phi) is 6.68. The number of nitrogens with zero attached hydrogens (tertiary/aromatic N) is 1. The van der Waals surface area contributed by atoms with Crippen molar-refractivity contribution in [3.63, 3.8) is 0 Å². The highest BCUT2D eigenvalue weighted by atomic mass is 35.5. The number of aryl methyl sites for hydroxylation is 2. The topological polar surface area (TPSA) is 50.7 Å². The van der Waals surface area contributed by atoms with Crippen LogP contribution in [0.5, 0.6) is 5.75 Å². The molecular weight excluding hydrogens is 384 g/mol. The van der Waals surface area contributed by atoms with Gasteiger partial charge in [0.15, 0.2) is 6.61 Å². The molecule has 1 amide bonds. The molecule has 0 atom stereocenters. The third-order valence-corrected chi connectivity index (χ3v) is 5.02. The van der Waals surface area contributed by atoms with Crippen molar-refractivity contribution in [2.75, 3.05) is 11.9 Å². The normalized spacial score (nSPS) is 10.9. The molecule has 0 saturated carbocycles. The van der Waals surface area contributed by atoms with E-state index >= 15 is 0 Å². The van der Waals surface area contributed by atoms with Crippen LogP contribution >= 0.6 is 11.6 Å². The molecule has 4 nitrogen and oxygen atoms in total. The maximum atomic E-state index is 12.1. The second-order valence-electron chi connectivity index (χ2n) is 6.85. The molecule has 0 heterocycles. The van der Waals surface area contributed by atoms with Crippen molar-refractivity contribution in [3.05, 3.63) is 87.9 Å². The van der Waals surface area contributed by atoms with Gasteiger partial charge in [-0.05, 0) is 73.4 Å². The van der Waals surface area contributed by atoms with E-state index in [4.69, 9.17) is 16.3 Å². The minimum absolute atomic E-state index is 0.0942. The number of ether oxygens (including phenoxy) is 1. The van der Waals surface area contributed by atoms with Gasteiger partial charge in [0.05, 0.1) is 5.69 Å². The third kappa shape index (κ3) is 5.69. The first-order valence-electron chi connectivity index (χ1n) is 9.31. The monoisotopic (exact) mass is 406 g/mol. The lowest BCUT2D eigenvalue weighted by molar-refractivity contribution is -0.118. The van der Waals surface area contributed by atoms with Gasteiger partial charge in [0.1, 0.15) is 5.75 Å². The van der Waals surface area contributed by atoms with Crippen LogP contribution in [-0.2, 0) is 4.79 Å². The first-order valence-corrected chi connectivity index (χ1v) is 9.69. The summed E-state index contributed by atoms with van der Waals surface area (Å²) in [5, 5.41) is 3.39. The zero-order valence-electron chi connectivity index (χ0n) is 16.7. The van der Waals surface area contributed by atoms with E-state index in [-0.39, 0.29) is 12.5 Å². The first-order chi connectivity index (χ1) is 13.9. The van der Waals surface area contributed by atoms with Crippen molar-refractivity contribution < 1.29 is 9.53 Å². The maximum Gasteiger partial charge on any atom is 0.262 e. The molecule has 0 aliphatic rings. The Labute approximate surface area is 176 Å². The molecule has 3 aromatic rings. The van der Waals surface area contributed by atoms with Gasteiger partial charge >= 0.3 is 0 Å². The van der Waals surface area contributed by atoms with Crippen LogP contribution in [0, 0.1) is 20.8 Å². The molecule has 29 heavy (non-hydrogen) atoms. The predicted molar refractivity (Wildman–Crippen MR) is 120 cm³/mol. The summed E-state index contributed by atoms with van der Waals surface area (Å²) in [5.41, 5.74) is 5.80. The van der Waals surface area contributed by atoms with Crippen LogP contribution in [0.1, 0.15) is 22.3 Å². The number of rotatable bonds is 6. The lowest BCUT2D eigenvalue weighted by atomic mass is 10.1. The van der Waals surface area contributed by atoms with Crippen LogP contribution in [0.15, 0.2) is 65.7 Å². The molecule has 0 aromatic heterocycles. The average Bonchev–Trinajstić information content (AvgIpc) is 2.71. The van der Waals surface area contributed by atoms with E-state index in [2.05, 4.69) is 30.2 Å². The van der Waals surface area contributed by atoms with E-state index in [1.807, 2.05) is 55.5 Å². The van der Waals surface area contributed by atoms with Gasteiger partial charge in [-0.2, -0.15) is 0 Å². The maximum absolute atomic E-state index is 12.1. The molecule has 0 saturated heterocycles. The number of anilines is 1. The van der Waals surface area contributed by atoms with Crippen LogP contribution in [0.25, 0.3) is 0 Å². The summed E-state index contributed by atoms with van der Waals surface area (Å²) >= 11 is 6.09. The summed E-state index contributed by atoms with van der Waals surface area (Å²) in [7, 11) is 0. The molecule has 5 heteroatoms. The minimum atomic E-state index is -0.251. The van der Waals surface area contributed by atoms with Gasteiger partial charge < -0.3 is 10.1 Å². The smallest absolute Gasteiger partial charge is 0.262 e. The van der Waals surface area contributed by atoms with Crippen LogP contribution in [0.2, 0.25) is 5.02 Å². The number of carbonyl (C=O) groups excluding carboxylic acids is 1. The molecule has 3 aromatic carbocycles. The highest BCUT2D eigenvalue weighted by Crippen LogP contribution is 2.22. The number of benzene rings is 3. The molecule has 148 valence electrons. The van der Waals surface area contributed by atoms with Gasteiger partial charge in [-0.1, -0.05) is 41.9 Å². The molecule has 0 aliphatic carbocycles. The Balaban J connectivity index is 1.60. The number of carbonyl (C=O) groups is 1. The van der Waals surface area contributed by atoms with Crippen LogP contribution in [0.4, 0.5) is 11.4 Å². The molecule has 0 fully saturated rings. The van der Waals surface area contributed by atoms with Crippen molar-refractivity contribution >= 4 is 35.1 Å². The number of hydrogen-bond acceptors (Lipinski definition) is 3. The van der Waals surface area contributed by atoms with Gasteiger partial charge in [-0.3, -0.25) is 9.79 Å². The Morgan fingerprint density at radius 3 is 2.62 bits per heavy atom. The fourth-order valence-corrected chi connectivity index (χ4v) is 2.90. The zero-order valence-corrected chi connectivity index (χ0v) is 17.5. The van der Waals surface area contributed by atoms with Gasteiger partial charge in [-0.15, -0.1) is 0 Å². The van der Waals surface area contributed by atoms with Gasteiger partial charge in [0, 0.05) is 16.9 Å². The van der Waals surface area contributed by atoms with Gasteiger partial charge in [0.25, 0.3) is 5.91 Å². The highest BCUT2D eigenvalue weighted by Gasteiger charge is 2.06. The molecule has 0 unspecified atom stereocenters. The fraction of sp³-hybridized carbons (Fsp3) is 0.167. The number of hydrogen-bond donors (Lipinski definition) is 1. The van der Waals surface area contributed by atoms with Crippen LogP contribution in [-0.4, -0.2) is 18.7 Å². The molecule has 0 bridgehead atoms. The SMILES string of the molecule is Cc1ccc(NC(=O)COc2cccc(C=Nc3cccc(C)c3C)c2)cc1Cl. The summed E-state index contributed by atoms with van der Waals surface area (Å²) < 4.78 is 5.62. The third-order valence-electron chi connectivity index (χ3n) is 4.61. The van der Waals surface area contributed by atoms with E-state index < -0.39 is 0 Å². The Morgan fingerprint density at radius 1 is 1.03 bits per heavy atom. The van der Waals surface area contributed by atoms with E-state index in [0.29, 0.717) is 16.5 Å². The average molecular weight is 407 g/mol. The summed E-state index contributed by atoms with van der Waals surface area (Å²) in [6.45, 7) is 5.94. The molecule has 0 radical (unpaired) electrons. The summed E-state index contributed by atoms with van der Waals surface area (Å²) in [6.07, 6.45) is 1.79. The lowest BCUT2D eigenvalue weighted by Gasteiger charge is -2.09. The van der Waals surface area contributed by atoms with Gasteiger partial charge in [-0.25, -0.2) is 0 Å². The number of amides is 1. The van der Waals surface area contributed by atoms with Crippen molar-refractivity contribution in [1.82, 2.24) is 0 Å². The predicted octanol–water partition coefficient (Wildman–Crippen LogP) is 6.03. The lowest BCUT2D eigenvalue weighted by Crippen LogP contribution is -2.20. The second-order valence-corrected chi connectivity index (χ2v) is 7.26. The quantitative estimate of drug-likeness (QED) is 0.508. The number of aliphatic imine (C=N–C) groups is 1. The molecule has 3 rings (SSSR count). The summed E-state index contributed by atoms with van der Waals surface area (Å²) in [5.74, 6) is 0.353. The minimum Gasteiger partial charge on any atom is -0.484 e. The number of halogens is 1. The van der Waals surface area contributed by atoms with E-state index in [1.54, 1.807) is 12.3 Å². The van der Waals surface area contributed by atoms with Crippen molar-refractivity contribution in [1.29, 1.82) is 0 Å². The molecular formula is C24H23ClN2O2. The number of nitrogens with one attached hydrogen (secondary N) is 1. The summed E-state index contributed by atoms with van der Waals surface area (Å²) in [4.78, 5) is 16.7. The second kappa shape index (κ2) is 9.39. The molecule has 1 N–H and O–H groups in total. The molecule has 0 spiro atoms. The Bertz CT molecular complexity index is 1060. The van der Waals surface area contributed by atoms with Crippen LogP contribution in [0.3, 0.4) is 0 Å². The Hall–Kier alpha value is -3.11. The standard InChI is InChI=1S/C24H23ClN2O2/c1-16-6-4-9-23(18(16)3)26-14-19-7-5-8-21(12-19)29-15-24(28)27-20-11-10-17(2)22(25)13-20/h4-14H,15H2,1-3H3,(H,27,28). The van der Waals surface area contributed by atoms with Crippen molar-refractivity contribution in [3.8, 4) is 5.75 Å². The van der Waals surface area contributed by atoms with E-state index in [0.717, 1.165) is 22.4 Å². The zero-order chi connectivity index (χ0) is 20.8. The summed E-state index contributed by atoms with van der Waals surface area (Å²) in [6, 6.07) is 18.9. The van der Waals surface area contributed by atoms with E-state index in [9.17, 15) is 4.79 Å².